The van der Waals surface area contributed by atoms with Crippen molar-refractivity contribution in [3.63, 3.8) is 0 Å². The third-order valence-corrected chi connectivity index (χ3v) is 3.09. The molecule has 0 unspecified atom stereocenters. The lowest BCUT2D eigenvalue weighted by Crippen LogP contribution is -2.04. The van der Waals surface area contributed by atoms with Crippen LogP contribution in [0.2, 0.25) is 0 Å². The van der Waals surface area contributed by atoms with Gasteiger partial charge < -0.3 is 9.67 Å². The number of halogens is 2. The largest absolute Gasteiger partial charge is 0.388 e. The Bertz CT molecular complexity index is 542. The molecular formula is C11H11BrFN3O. The molecule has 0 atom stereocenters. The molecule has 0 aliphatic heterocycles. The first kappa shape index (κ1) is 12.2. The summed E-state index contributed by atoms with van der Waals surface area (Å²) in [5, 5.41) is 16.9. The molecule has 0 saturated carbocycles. The second-order valence-electron chi connectivity index (χ2n) is 3.44. The maximum absolute atomic E-state index is 13.9. The summed E-state index contributed by atoms with van der Waals surface area (Å²) in [5.74, 6) is 0.483. The van der Waals surface area contributed by atoms with Crippen molar-refractivity contribution in [3.8, 4) is 11.4 Å². The van der Waals surface area contributed by atoms with E-state index in [0.29, 0.717) is 28.2 Å². The SMILES string of the molecule is CCn1c(CO)nnc1-c1cccc(Br)c1F. The standard InChI is InChI=1S/C11H11BrFN3O/c1-2-16-9(6-17)14-15-11(16)7-4-3-5-8(12)10(7)13/h3-5,17H,2,6H2,1H3. The summed E-state index contributed by atoms with van der Waals surface area (Å²) in [6.45, 7) is 2.25. The number of hydrogen-bond donors (Lipinski definition) is 1. The lowest BCUT2D eigenvalue weighted by Gasteiger charge is -2.07. The Kier molecular flexibility index (Phi) is 3.54. The van der Waals surface area contributed by atoms with Gasteiger partial charge in [-0.15, -0.1) is 10.2 Å². The Balaban J connectivity index is 2.60. The van der Waals surface area contributed by atoms with E-state index in [1.165, 1.54) is 0 Å². The lowest BCUT2D eigenvalue weighted by atomic mass is 10.2. The van der Waals surface area contributed by atoms with Crippen LogP contribution >= 0.6 is 15.9 Å². The zero-order valence-corrected chi connectivity index (χ0v) is 10.8. The molecule has 0 bridgehead atoms. The second kappa shape index (κ2) is 4.93. The molecule has 1 aromatic carbocycles. The molecule has 6 heteroatoms. The third kappa shape index (κ3) is 2.10. The van der Waals surface area contributed by atoms with Crippen LogP contribution in [0.3, 0.4) is 0 Å². The van der Waals surface area contributed by atoms with Gasteiger partial charge in [0.15, 0.2) is 11.6 Å². The quantitative estimate of drug-likeness (QED) is 0.946. The summed E-state index contributed by atoms with van der Waals surface area (Å²) >= 11 is 3.13. The smallest absolute Gasteiger partial charge is 0.167 e. The van der Waals surface area contributed by atoms with Gasteiger partial charge in [-0.05, 0) is 35.0 Å². The van der Waals surface area contributed by atoms with Gasteiger partial charge in [0.05, 0.1) is 10.0 Å². The summed E-state index contributed by atoms with van der Waals surface area (Å²) < 4.78 is 16.0. The van der Waals surface area contributed by atoms with Crippen molar-refractivity contribution in [2.75, 3.05) is 0 Å². The van der Waals surface area contributed by atoms with Gasteiger partial charge in [-0.1, -0.05) is 6.07 Å². The molecule has 0 fully saturated rings. The molecule has 0 amide bonds. The van der Waals surface area contributed by atoms with Gasteiger partial charge in [0.2, 0.25) is 0 Å². The monoisotopic (exact) mass is 299 g/mol. The summed E-state index contributed by atoms with van der Waals surface area (Å²) in [6, 6.07) is 4.99. The molecule has 0 aliphatic rings. The number of nitrogens with zero attached hydrogens (tertiary/aromatic N) is 3. The van der Waals surface area contributed by atoms with Gasteiger partial charge in [-0.3, -0.25) is 0 Å². The van der Waals surface area contributed by atoms with E-state index in [-0.39, 0.29) is 12.4 Å². The molecule has 2 aromatic rings. The van der Waals surface area contributed by atoms with E-state index in [9.17, 15) is 4.39 Å². The van der Waals surface area contributed by atoms with Crippen LogP contribution in [0.25, 0.3) is 11.4 Å². The minimum Gasteiger partial charge on any atom is -0.388 e. The minimum absolute atomic E-state index is 0.212. The second-order valence-corrected chi connectivity index (χ2v) is 4.30. The minimum atomic E-state index is -0.376. The summed E-state index contributed by atoms with van der Waals surface area (Å²) in [7, 11) is 0. The van der Waals surface area contributed by atoms with E-state index in [0.717, 1.165) is 0 Å². The molecule has 4 nitrogen and oxygen atoms in total. The predicted octanol–water partition coefficient (Wildman–Crippen LogP) is 2.36. The summed E-state index contributed by atoms with van der Waals surface area (Å²) in [4.78, 5) is 0. The first-order valence-electron chi connectivity index (χ1n) is 5.16. The molecule has 0 spiro atoms. The van der Waals surface area contributed by atoms with E-state index in [2.05, 4.69) is 26.1 Å². The van der Waals surface area contributed by atoms with E-state index in [4.69, 9.17) is 5.11 Å². The Morgan fingerprint density at radius 1 is 1.41 bits per heavy atom. The maximum atomic E-state index is 13.9. The number of hydrogen-bond acceptors (Lipinski definition) is 3. The van der Waals surface area contributed by atoms with Crippen molar-refractivity contribution in [1.29, 1.82) is 0 Å². The molecular weight excluding hydrogens is 289 g/mol. The average Bonchev–Trinajstić information content (AvgIpc) is 2.75. The Labute approximate surface area is 106 Å². The molecule has 1 N–H and O–H groups in total. The number of aromatic nitrogens is 3. The van der Waals surface area contributed by atoms with Gasteiger partial charge >= 0.3 is 0 Å². The fourth-order valence-electron chi connectivity index (χ4n) is 1.66. The fourth-order valence-corrected chi connectivity index (χ4v) is 2.03. The van der Waals surface area contributed by atoms with Crippen LogP contribution in [-0.4, -0.2) is 19.9 Å². The molecule has 17 heavy (non-hydrogen) atoms. The third-order valence-electron chi connectivity index (χ3n) is 2.48. The van der Waals surface area contributed by atoms with Crippen LogP contribution < -0.4 is 0 Å². The van der Waals surface area contributed by atoms with Crippen LogP contribution in [0.15, 0.2) is 22.7 Å². The van der Waals surface area contributed by atoms with Gasteiger partial charge in [-0.2, -0.15) is 0 Å². The van der Waals surface area contributed by atoms with Crippen LogP contribution in [-0.2, 0) is 13.2 Å². The van der Waals surface area contributed by atoms with E-state index < -0.39 is 0 Å². The van der Waals surface area contributed by atoms with Crippen molar-refractivity contribution < 1.29 is 9.50 Å². The maximum Gasteiger partial charge on any atom is 0.167 e. The molecule has 0 radical (unpaired) electrons. The molecule has 1 aromatic heterocycles. The van der Waals surface area contributed by atoms with Gasteiger partial charge in [0, 0.05) is 6.54 Å². The highest BCUT2D eigenvalue weighted by Crippen LogP contribution is 2.27. The average molecular weight is 300 g/mol. The topological polar surface area (TPSA) is 50.9 Å². The highest BCUT2D eigenvalue weighted by Gasteiger charge is 2.16. The van der Waals surface area contributed by atoms with Gasteiger partial charge in [-0.25, -0.2) is 4.39 Å². The van der Waals surface area contributed by atoms with Crippen molar-refractivity contribution in [1.82, 2.24) is 14.8 Å². The van der Waals surface area contributed by atoms with Crippen molar-refractivity contribution in [2.45, 2.75) is 20.1 Å². The highest BCUT2D eigenvalue weighted by atomic mass is 79.9. The highest BCUT2D eigenvalue weighted by molar-refractivity contribution is 9.10. The van der Waals surface area contributed by atoms with Crippen molar-refractivity contribution >= 4 is 15.9 Å². The van der Waals surface area contributed by atoms with E-state index in [1.54, 1.807) is 22.8 Å². The zero-order valence-electron chi connectivity index (χ0n) is 9.19. The molecule has 0 aliphatic carbocycles. The Morgan fingerprint density at radius 2 is 2.18 bits per heavy atom. The Hall–Kier alpha value is -1.27. The van der Waals surface area contributed by atoms with Crippen molar-refractivity contribution in [3.05, 3.63) is 34.3 Å². The van der Waals surface area contributed by atoms with Crippen LogP contribution in [0.4, 0.5) is 4.39 Å². The van der Waals surface area contributed by atoms with Crippen LogP contribution in [0.5, 0.6) is 0 Å². The summed E-state index contributed by atoms with van der Waals surface area (Å²) in [5.41, 5.74) is 0.369. The fraction of sp³-hybridized carbons (Fsp3) is 0.273. The first-order chi connectivity index (χ1) is 8.19. The zero-order chi connectivity index (χ0) is 12.4. The normalized spacial score (nSPS) is 10.8. The first-order valence-corrected chi connectivity index (χ1v) is 5.95. The number of benzene rings is 1. The Morgan fingerprint density at radius 3 is 2.82 bits per heavy atom. The van der Waals surface area contributed by atoms with Gasteiger partial charge in [0.25, 0.3) is 0 Å². The molecule has 0 saturated heterocycles. The van der Waals surface area contributed by atoms with Crippen LogP contribution in [0.1, 0.15) is 12.7 Å². The van der Waals surface area contributed by atoms with E-state index in [1.807, 2.05) is 6.92 Å². The number of aliphatic hydroxyl groups is 1. The number of rotatable bonds is 3. The predicted molar refractivity (Wildman–Crippen MR) is 64.7 cm³/mol. The van der Waals surface area contributed by atoms with Gasteiger partial charge in [0.1, 0.15) is 12.4 Å². The molecule has 1 heterocycles. The van der Waals surface area contributed by atoms with E-state index >= 15 is 0 Å². The van der Waals surface area contributed by atoms with Crippen LogP contribution in [0, 0.1) is 5.82 Å². The molecule has 2 rings (SSSR count). The lowest BCUT2D eigenvalue weighted by molar-refractivity contribution is 0.265. The number of aliphatic hydroxyl groups excluding tert-OH is 1. The van der Waals surface area contributed by atoms with Crippen molar-refractivity contribution in [2.24, 2.45) is 0 Å². The summed E-state index contributed by atoms with van der Waals surface area (Å²) in [6.07, 6.45) is 0. The molecule has 90 valence electrons.